The van der Waals surface area contributed by atoms with Crippen molar-refractivity contribution in [2.75, 3.05) is 6.54 Å². The fourth-order valence-electron chi connectivity index (χ4n) is 1.68. The zero-order valence-electron chi connectivity index (χ0n) is 11.7. The third-order valence-electron chi connectivity index (χ3n) is 2.63. The zero-order chi connectivity index (χ0) is 14.4. The molecule has 1 aromatic carbocycles. The Labute approximate surface area is 117 Å². The molecule has 1 atom stereocenters. The molecule has 1 aromatic heterocycles. The van der Waals surface area contributed by atoms with E-state index in [9.17, 15) is 0 Å². The van der Waals surface area contributed by atoms with Crippen molar-refractivity contribution in [2.45, 2.75) is 33.1 Å². The van der Waals surface area contributed by atoms with E-state index in [0.29, 0.717) is 18.3 Å². The second kappa shape index (κ2) is 7.02. The summed E-state index contributed by atoms with van der Waals surface area (Å²) in [6.07, 6.45) is -0.337. The highest BCUT2D eigenvalue weighted by atomic mass is 16.5. The van der Waals surface area contributed by atoms with Crippen LogP contribution in [0.25, 0.3) is 0 Å². The third-order valence-corrected chi connectivity index (χ3v) is 2.63. The van der Waals surface area contributed by atoms with Crippen LogP contribution in [0.4, 0.5) is 0 Å². The molecule has 0 fully saturated rings. The molecule has 0 saturated heterocycles. The Morgan fingerprint density at radius 1 is 1.35 bits per heavy atom. The molecule has 6 heteroatoms. The van der Waals surface area contributed by atoms with Gasteiger partial charge in [-0.15, -0.1) is 0 Å². The molecule has 2 N–H and O–H groups in total. The monoisotopic (exact) mass is 277 g/mol. The molecule has 0 aliphatic heterocycles. The summed E-state index contributed by atoms with van der Waals surface area (Å²) >= 11 is 0. The van der Waals surface area contributed by atoms with E-state index in [1.165, 1.54) is 0 Å². The molecular formula is C14H19N3O3. The van der Waals surface area contributed by atoms with Crippen molar-refractivity contribution in [3.8, 4) is 5.75 Å². The number of aliphatic hydroxyl groups excluding tert-OH is 1. The van der Waals surface area contributed by atoms with Gasteiger partial charge in [0.15, 0.2) is 6.61 Å². The average molecular weight is 277 g/mol. The van der Waals surface area contributed by atoms with Gasteiger partial charge in [-0.05, 0) is 24.6 Å². The maximum absolute atomic E-state index is 9.15. The van der Waals surface area contributed by atoms with Gasteiger partial charge in [-0.1, -0.05) is 17.3 Å². The maximum Gasteiger partial charge on any atom is 0.223 e. The summed E-state index contributed by atoms with van der Waals surface area (Å²) in [5.41, 5.74) is 1.13. The molecule has 0 radical (unpaired) electrons. The number of hydrogen-bond acceptors (Lipinski definition) is 6. The van der Waals surface area contributed by atoms with Gasteiger partial charge < -0.3 is 19.7 Å². The Balaban J connectivity index is 1.79. The average Bonchev–Trinajstić information content (AvgIpc) is 2.83. The Hall–Kier alpha value is -1.92. The van der Waals surface area contributed by atoms with E-state index in [4.69, 9.17) is 14.4 Å². The molecular weight excluding hydrogens is 258 g/mol. The number of hydrogen-bond donors (Lipinski definition) is 2. The van der Waals surface area contributed by atoms with Crippen molar-refractivity contribution in [1.82, 2.24) is 15.5 Å². The van der Waals surface area contributed by atoms with Crippen LogP contribution in [0.5, 0.6) is 5.75 Å². The van der Waals surface area contributed by atoms with Gasteiger partial charge in [-0.2, -0.15) is 4.98 Å². The Kier molecular flexibility index (Phi) is 5.09. The van der Waals surface area contributed by atoms with Crippen LogP contribution in [-0.4, -0.2) is 27.9 Å². The van der Waals surface area contributed by atoms with E-state index in [-0.39, 0.29) is 12.7 Å². The molecule has 0 saturated carbocycles. The SMILES string of the molecule is Cc1nc(COc2ccc(CNCC(C)O)cc2)no1. The lowest BCUT2D eigenvalue weighted by atomic mass is 10.2. The standard InChI is InChI=1S/C14H19N3O3/c1-10(18)7-15-8-12-3-5-13(6-4-12)19-9-14-16-11(2)20-17-14/h3-6,10,15,18H,7-9H2,1-2H3. The summed E-state index contributed by atoms with van der Waals surface area (Å²) in [5.74, 6) is 1.82. The quantitative estimate of drug-likeness (QED) is 0.797. The fraction of sp³-hybridized carbons (Fsp3) is 0.429. The summed E-state index contributed by atoms with van der Waals surface area (Å²) in [6, 6.07) is 7.75. The first kappa shape index (κ1) is 14.5. The van der Waals surface area contributed by atoms with Crippen molar-refractivity contribution in [2.24, 2.45) is 0 Å². The zero-order valence-corrected chi connectivity index (χ0v) is 11.7. The lowest BCUT2D eigenvalue weighted by Gasteiger charge is -2.08. The van der Waals surface area contributed by atoms with Gasteiger partial charge in [0, 0.05) is 20.0 Å². The molecule has 108 valence electrons. The smallest absolute Gasteiger partial charge is 0.223 e. The van der Waals surface area contributed by atoms with Crippen LogP contribution in [0.15, 0.2) is 28.8 Å². The first-order valence-electron chi connectivity index (χ1n) is 6.53. The van der Waals surface area contributed by atoms with Crippen molar-refractivity contribution in [3.63, 3.8) is 0 Å². The number of aromatic nitrogens is 2. The number of aliphatic hydroxyl groups is 1. The molecule has 2 aromatic rings. The van der Waals surface area contributed by atoms with Gasteiger partial charge in [-0.25, -0.2) is 0 Å². The minimum Gasteiger partial charge on any atom is -0.485 e. The molecule has 0 aliphatic carbocycles. The van der Waals surface area contributed by atoms with Gasteiger partial charge in [0.05, 0.1) is 6.10 Å². The number of rotatable bonds is 7. The highest BCUT2D eigenvalue weighted by Crippen LogP contribution is 2.13. The van der Waals surface area contributed by atoms with Crippen molar-refractivity contribution >= 4 is 0 Å². The summed E-state index contributed by atoms with van der Waals surface area (Å²) in [4.78, 5) is 4.06. The fourth-order valence-corrected chi connectivity index (χ4v) is 1.68. The van der Waals surface area contributed by atoms with Crippen molar-refractivity contribution in [1.29, 1.82) is 0 Å². The van der Waals surface area contributed by atoms with Gasteiger partial charge in [0.2, 0.25) is 11.7 Å². The summed E-state index contributed by atoms with van der Waals surface area (Å²) < 4.78 is 10.4. The Morgan fingerprint density at radius 3 is 2.70 bits per heavy atom. The van der Waals surface area contributed by atoms with E-state index >= 15 is 0 Å². The third kappa shape index (κ3) is 4.64. The molecule has 0 aliphatic rings. The molecule has 0 bridgehead atoms. The molecule has 2 rings (SSSR count). The lowest BCUT2D eigenvalue weighted by molar-refractivity contribution is 0.191. The molecule has 1 unspecified atom stereocenters. The van der Waals surface area contributed by atoms with Gasteiger partial charge in [-0.3, -0.25) is 0 Å². The van der Waals surface area contributed by atoms with E-state index in [0.717, 1.165) is 17.9 Å². The number of benzene rings is 1. The second-order valence-corrected chi connectivity index (χ2v) is 4.64. The van der Waals surface area contributed by atoms with E-state index in [2.05, 4.69) is 15.5 Å². The molecule has 0 spiro atoms. The van der Waals surface area contributed by atoms with Gasteiger partial charge >= 0.3 is 0 Å². The predicted octanol–water partition coefficient (Wildman–Crippen LogP) is 1.43. The van der Waals surface area contributed by atoms with Crippen LogP contribution in [0, 0.1) is 6.92 Å². The number of aryl methyl sites for hydroxylation is 1. The lowest BCUT2D eigenvalue weighted by Crippen LogP contribution is -2.23. The summed E-state index contributed by atoms with van der Waals surface area (Å²) in [6.45, 7) is 5.08. The highest BCUT2D eigenvalue weighted by Gasteiger charge is 2.03. The predicted molar refractivity (Wildman–Crippen MR) is 73.2 cm³/mol. The van der Waals surface area contributed by atoms with Gasteiger partial charge in [0.25, 0.3) is 0 Å². The first-order valence-corrected chi connectivity index (χ1v) is 6.53. The van der Waals surface area contributed by atoms with Crippen LogP contribution in [0.2, 0.25) is 0 Å². The van der Waals surface area contributed by atoms with E-state index < -0.39 is 0 Å². The topological polar surface area (TPSA) is 80.4 Å². The number of ether oxygens (including phenoxy) is 1. The Bertz CT molecular complexity index is 523. The van der Waals surface area contributed by atoms with Crippen LogP contribution in [-0.2, 0) is 13.2 Å². The largest absolute Gasteiger partial charge is 0.485 e. The second-order valence-electron chi connectivity index (χ2n) is 4.64. The molecule has 20 heavy (non-hydrogen) atoms. The highest BCUT2D eigenvalue weighted by molar-refractivity contribution is 5.27. The normalized spacial score (nSPS) is 12.3. The summed E-state index contributed by atoms with van der Waals surface area (Å²) in [7, 11) is 0. The van der Waals surface area contributed by atoms with Crippen molar-refractivity contribution in [3.05, 3.63) is 41.5 Å². The minimum atomic E-state index is -0.337. The van der Waals surface area contributed by atoms with E-state index in [1.807, 2.05) is 24.3 Å². The van der Waals surface area contributed by atoms with Crippen molar-refractivity contribution < 1.29 is 14.4 Å². The maximum atomic E-state index is 9.15. The number of nitrogens with one attached hydrogen (secondary N) is 1. The first-order chi connectivity index (χ1) is 9.63. The van der Waals surface area contributed by atoms with Crippen LogP contribution in [0.3, 0.4) is 0 Å². The molecule has 1 heterocycles. The molecule has 0 amide bonds. The van der Waals surface area contributed by atoms with Crippen LogP contribution < -0.4 is 10.1 Å². The van der Waals surface area contributed by atoms with Crippen LogP contribution >= 0.6 is 0 Å². The van der Waals surface area contributed by atoms with E-state index in [1.54, 1.807) is 13.8 Å². The molecule has 6 nitrogen and oxygen atoms in total. The van der Waals surface area contributed by atoms with Crippen LogP contribution in [0.1, 0.15) is 24.2 Å². The summed E-state index contributed by atoms with van der Waals surface area (Å²) in [5, 5.41) is 16.1. The number of nitrogens with zero attached hydrogens (tertiary/aromatic N) is 2. The van der Waals surface area contributed by atoms with Gasteiger partial charge in [0.1, 0.15) is 5.75 Å². The Morgan fingerprint density at radius 2 is 2.10 bits per heavy atom. The minimum absolute atomic E-state index is 0.289.